The third-order valence-electron chi connectivity index (χ3n) is 13.0. The molecule has 0 aromatic carbocycles. The monoisotopic (exact) mass is 782 g/mol. The summed E-state index contributed by atoms with van der Waals surface area (Å²) in [4.78, 5) is 39.0. The van der Waals surface area contributed by atoms with Gasteiger partial charge in [0.05, 0.1) is 36.3 Å². The van der Waals surface area contributed by atoms with Gasteiger partial charge >= 0.3 is 17.9 Å². The highest BCUT2D eigenvalue weighted by Gasteiger charge is 2.53. The maximum Gasteiger partial charge on any atom is 0.341 e. The molecule has 0 spiro atoms. The van der Waals surface area contributed by atoms with E-state index in [-0.39, 0.29) is 36.0 Å². The Morgan fingerprint density at radius 2 is 1.70 bits per heavy atom. The fourth-order valence-electron chi connectivity index (χ4n) is 9.57. The van der Waals surface area contributed by atoms with E-state index < -0.39 is 84.7 Å². The average Bonchev–Trinajstić information content (AvgIpc) is 3.36. The summed E-state index contributed by atoms with van der Waals surface area (Å²) in [5, 5.41) is 62.6. The maximum atomic E-state index is 14.4. The van der Waals surface area contributed by atoms with Crippen LogP contribution < -0.4 is 0 Å². The van der Waals surface area contributed by atoms with Crippen LogP contribution >= 0.6 is 0 Å². The number of cyclic esters (lactones) is 2. The number of fused-ring (bicyclic) bond motifs is 4. The number of aliphatic hydroxyl groups is 5. The van der Waals surface area contributed by atoms with Gasteiger partial charge in [0, 0.05) is 23.3 Å². The van der Waals surface area contributed by atoms with Crippen molar-refractivity contribution in [1.29, 1.82) is 0 Å². The topological polar surface area (TPSA) is 200 Å². The van der Waals surface area contributed by atoms with Gasteiger partial charge < -0.3 is 44.8 Å². The highest BCUT2D eigenvalue weighted by atomic mass is 16.7. The first kappa shape index (κ1) is 43.9. The van der Waals surface area contributed by atoms with E-state index in [0.717, 1.165) is 22.3 Å². The molecule has 0 aromatic rings. The summed E-state index contributed by atoms with van der Waals surface area (Å²) in [7, 11) is 0. The Balaban J connectivity index is 1.53. The molecule has 2 saturated carbocycles. The van der Waals surface area contributed by atoms with Gasteiger partial charge in [0.1, 0.15) is 18.3 Å². The number of carboxylic acids is 1. The summed E-state index contributed by atoms with van der Waals surface area (Å²) in [6, 6.07) is 0. The molecule has 0 radical (unpaired) electrons. The lowest BCUT2D eigenvalue weighted by Gasteiger charge is -2.46. The van der Waals surface area contributed by atoms with Crippen molar-refractivity contribution in [3.05, 3.63) is 69.9 Å². The summed E-state index contributed by atoms with van der Waals surface area (Å²) < 4.78 is 18.0. The Kier molecular flexibility index (Phi) is 14.2. The third kappa shape index (κ3) is 9.07. The predicted octanol–water partition coefficient (Wildman–Crippen LogP) is 4.71. The minimum atomic E-state index is -1.50. The summed E-state index contributed by atoms with van der Waals surface area (Å²) >= 11 is 0. The first-order valence-electron chi connectivity index (χ1n) is 20.2. The van der Waals surface area contributed by atoms with Gasteiger partial charge in [0.15, 0.2) is 6.29 Å². The lowest BCUT2D eigenvalue weighted by Crippen LogP contribution is -2.59. The SMILES string of the molecule is CC(=CC=CC=CC1C(C)=CC2C(CCC(C)C2OC2OC(C)C(O)C(O)C2O)C2C(=O)OC(=O)C(C)=C3CC(O)C(C)C3=C12)CC(C)CC(O)C(C)C(=O)O. The normalized spacial score (nSPS) is 38.6. The van der Waals surface area contributed by atoms with Crippen LogP contribution in [0.15, 0.2) is 69.9 Å². The molecule has 6 N–H and O–H groups in total. The van der Waals surface area contributed by atoms with Crippen LogP contribution in [-0.2, 0) is 28.6 Å². The van der Waals surface area contributed by atoms with Gasteiger partial charge in [0.2, 0.25) is 0 Å². The maximum absolute atomic E-state index is 14.4. The van der Waals surface area contributed by atoms with E-state index in [9.17, 15) is 45.0 Å². The number of carbonyl (C=O) groups excluding carboxylic acids is 2. The van der Waals surface area contributed by atoms with Gasteiger partial charge in [-0.05, 0) is 101 Å². The molecule has 0 bridgehead atoms. The average molecular weight is 783 g/mol. The highest BCUT2D eigenvalue weighted by molar-refractivity contribution is 5.99. The van der Waals surface area contributed by atoms with E-state index in [4.69, 9.17) is 14.2 Å². The number of aliphatic hydroxyl groups excluding tert-OH is 5. The molecule has 5 aliphatic rings. The number of allylic oxidation sites excluding steroid dienone is 7. The van der Waals surface area contributed by atoms with Crippen LogP contribution in [0.5, 0.6) is 0 Å². The molecule has 0 aromatic heterocycles. The van der Waals surface area contributed by atoms with E-state index in [1.165, 1.54) is 6.92 Å². The van der Waals surface area contributed by atoms with Crippen LogP contribution in [0.2, 0.25) is 0 Å². The highest BCUT2D eigenvalue weighted by Crippen LogP contribution is 2.54. The molecule has 3 aliphatic carbocycles. The number of carboxylic acid groups (broad SMARTS) is 1. The fourth-order valence-corrected chi connectivity index (χ4v) is 9.57. The van der Waals surface area contributed by atoms with Crippen LogP contribution in [-0.4, -0.2) is 97.6 Å². The van der Waals surface area contributed by atoms with Gasteiger partial charge in [-0.2, -0.15) is 0 Å². The van der Waals surface area contributed by atoms with Crippen LogP contribution in [0, 0.1) is 47.3 Å². The Labute approximate surface area is 330 Å². The first-order chi connectivity index (χ1) is 26.3. The summed E-state index contributed by atoms with van der Waals surface area (Å²) in [6.07, 6.45) is 5.93. The zero-order valence-corrected chi connectivity index (χ0v) is 33.9. The van der Waals surface area contributed by atoms with E-state index >= 15 is 0 Å². The van der Waals surface area contributed by atoms with Crippen molar-refractivity contribution in [2.24, 2.45) is 47.3 Å². The molecule has 2 aliphatic heterocycles. The smallest absolute Gasteiger partial charge is 0.341 e. The zero-order chi connectivity index (χ0) is 41.3. The second-order valence-corrected chi connectivity index (χ2v) is 17.2. The molecule has 5 rings (SSSR count). The molecule has 16 unspecified atom stereocenters. The number of hydrogen-bond donors (Lipinski definition) is 6. The quantitative estimate of drug-likeness (QED) is 0.0732. The van der Waals surface area contributed by atoms with Gasteiger partial charge in [-0.1, -0.05) is 68.4 Å². The largest absolute Gasteiger partial charge is 0.481 e. The molecule has 2 heterocycles. The van der Waals surface area contributed by atoms with Crippen LogP contribution in [0.3, 0.4) is 0 Å². The number of hydrogen-bond acceptors (Lipinski definition) is 11. The number of carbonyl (C=O) groups is 3. The van der Waals surface area contributed by atoms with E-state index in [2.05, 4.69) is 6.08 Å². The van der Waals surface area contributed by atoms with Crippen molar-refractivity contribution in [1.82, 2.24) is 0 Å². The predicted molar refractivity (Wildman–Crippen MR) is 207 cm³/mol. The number of rotatable bonds is 11. The molecular formula is C44H62O12. The van der Waals surface area contributed by atoms with Crippen LogP contribution in [0.4, 0.5) is 0 Å². The first-order valence-corrected chi connectivity index (χ1v) is 20.2. The Morgan fingerprint density at radius 1 is 1.00 bits per heavy atom. The number of ether oxygens (including phenoxy) is 3. The summed E-state index contributed by atoms with van der Waals surface area (Å²) in [6.45, 7) is 14.7. The minimum Gasteiger partial charge on any atom is -0.481 e. The van der Waals surface area contributed by atoms with Crippen LogP contribution in [0.25, 0.3) is 0 Å². The van der Waals surface area contributed by atoms with Crippen molar-refractivity contribution < 1.29 is 59.2 Å². The molecule has 12 heteroatoms. The molecular weight excluding hydrogens is 720 g/mol. The standard InChI is InChI=1S/C44H62O12/c1-20(16-21(2)17-32(45)26(7)41(50)51)12-10-9-11-13-28-23(4)18-31-29(15-14-22(3)40(31)55-44-39(49)38(48)37(47)27(8)54-44)36-35(28)34-25(6)33(46)19-30(34)24(5)42(52)56-43(36)53/h9-13,18,21-22,25-29,31-33,36-40,44-49H,14-17,19H2,1-8H3,(H,50,51). The second kappa shape index (κ2) is 18.1. The molecule has 16 atom stereocenters. The Hall–Kier alpha value is -3.23. The summed E-state index contributed by atoms with van der Waals surface area (Å²) in [5.74, 6) is -5.57. The number of esters is 2. The molecule has 1 saturated heterocycles. The molecule has 310 valence electrons. The Morgan fingerprint density at radius 3 is 2.38 bits per heavy atom. The fraction of sp³-hybridized carbons (Fsp3) is 0.659. The van der Waals surface area contributed by atoms with Gasteiger partial charge in [-0.25, -0.2) is 4.79 Å². The van der Waals surface area contributed by atoms with Crippen molar-refractivity contribution in [2.45, 2.75) is 137 Å². The molecule has 12 nitrogen and oxygen atoms in total. The van der Waals surface area contributed by atoms with Gasteiger partial charge in [-0.15, -0.1) is 0 Å². The molecule has 0 amide bonds. The number of aliphatic carboxylic acids is 1. The van der Waals surface area contributed by atoms with E-state index in [1.807, 2.05) is 65.0 Å². The zero-order valence-electron chi connectivity index (χ0n) is 33.9. The van der Waals surface area contributed by atoms with Gasteiger partial charge in [-0.3, -0.25) is 9.59 Å². The second-order valence-electron chi connectivity index (χ2n) is 17.2. The lowest BCUT2D eigenvalue weighted by atomic mass is 9.65. The van der Waals surface area contributed by atoms with Crippen molar-refractivity contribution in [2.75, 3.05) is 0 Å². The van der Waals surface area contributed by atoms with E-state index in [0.29, 0.717) is 36.8 Å². The Bertz CT molecular complexity index is 1690. The van der Waals surface area contributed by atoms with Crippen LogP contribution in [0.1, 0.15) is 87.5 Å². The third-order valence-corrected chi connectivity index (χ3v) is 13.0. The lowest BCUT2D eigenvalue weighted by molar-refractivity contribution is -0.314. The van der Waals surface area contributed by atoms with Crippen molar-refractivity contribution >= 4 is 17.9 Å². The molecule has 3 fully saturated rings. The van der Waals surface area contributed by atoms with E-state index in [1.54, 1.807) is 13.8 Å². The van der Waals surface area contributed by atoms with Crippen molar-refractivity contribution in [3.63, 3.8) is 0 Å². The summed E-state index contributed by atoms with van der Waals surface area (Å²) in [5.41, 5.74) is 4.63. The van der Waals surface area contributed by atoms with Crippen molar-refractivity contribution in [3.8, 4) is 0 Å². The molecule has 56 heavy (non-hydrogen) atoms. The minimum absolute atomic E-state index is 0.0424. The van der Waals surface area contributed by atoms with Gasteiger partial charge in [0.25, 0.3) is 0 Å².